The zero-order valence-electron chi connectivity index (χ0n) is 26.0. The summed E-state index contributed by atoms with van der Waals surface area (Å²) < 4.78 is 10.4. The maximum absolute atomic E-state index is 12.6. The number of azo groups is 2. The molecule has 4 N–H and O–H groups in total. The van der Waals surface area contributed by atoms with Crippen LogP contribution in [0.2, 0.25) is 0 Å². The molecule has 0 amide bonds. The number of ketones is 2. The minimum atomic E-state index is -1.20. The fourth-order valence-electron chi connectivity index (χ4n) is 4.25. The topological polar surface area (TPSA) is 217 Å². The molecular formula is C35H28N4O10. The quantitative estimate of drug-likeness (QED) is 0.0587. The molecule has 14 nitrogen and oxygen atoms in total. The average molecular weight is 665 g/mol. The van der Waals surface area contributed by atoms with Crippen molar-refractivity contribution in [1.82, 2.24) is 0 Å². The Morgan fingerprint density at radius 3 is 1.33 bits per heavy atom. The van der Waals surface area contributed by atoms with Crippen molar-refractivity contribution in [1.29, 1.82) is 0 Å². The zero-order chi connectivity index (χ0) is 35.5. The summed E-state index contributed by atoms with van der Waals surface area (Å²) in [5, 5.41) is 55.6. The van der Waals surface area contributed by atoms with Gasteiger partial charge in [-0.2, -0.15) is 0 Å². The Hall–Kier alpha value is -6.96. The average Bonchev–Trinajstić information content (AvgIpc) is 3.09. The lowest BCUT2D eigenvalue weighted by molar-refractivity contribution is -0.121. The molecule has 0 spiro atoms. The van der Waals surface area contributed by atoms with E-state index in [0.717, 1.165) is 12.2 Å². The molecule has 0 unspecified atom stereocenters. The molecule has 0 aromatic heterocycles. The van der Waals surface area contributed by atoms with E-state index in [4.69, 9.17) is 9.47 Å². The maximum atomic E-state index is 12.6. The molecule has 0 heterocycles. The standard InChI is InChI=1S/C35H28N4O10/c1-48-30-17-20(15-28(32(30)42)38-36-26-9-5-3-7-24(26)34(44)45)11-13-22(40)19-23(41)14-12-21-16-29(33(43)31(18-21)49-2)39-37-27-10-6-4-8-25(27)35(46)47/h3-18,42-43H,19H2,1-2H3,(H,44,45)(H,46,47)/b13-11+,14-12+,38-36+,39-37+. The Labute approximate surface area is 278 Å². The van der Waals surface area contributed by atoms with E-state index in [9.17, 15) is 39.6 Å². The number of aromatic carboxylic acids is 2. The van der Waals surface area contributed by atoms with Gasteiger partial charge in [0.05, 0.1) is 31.8 Å². The number of carboxylic acid groups (broad SMARTS) is 2. The van der Waals surface area contributed by atoms with Crippen molar-refractivity contribution in [2.75, 3.05) is 14.2 Å². The number of ether oxygens (including phenoxy) is 2. The number of aromatic hydroxyl groups is 2. The highest BCUT2D eigenvalue weighted by molar-refractivity contribution is 6.11. The first-order chi connectivity index (χ1) is 23.5. The minimum absolute atomic E-state index is 0.0170. The molecule has 0 saturated heterocycles. The third-order valence-electron chi connectivity index (χ3n) is 6.67. The van der Waals surface area contributed by atoms with Crippen molar-refractivity contribution < 1.29 is 49.1 Å². The van der Waals surface area contributed by atoms with Gasteiger partial charge in [-0.25, -0.2) is 9.59 Å². The van der Waals surface area contributed by atoms with Crippen LogP contribution in [-0.4, -0.2) is 58.2 Å². The van der Waals surface area contributed by atoms with Gasteiger partial charge in [0.15, 0.2) is 34.6 Å². The van der Waals surface area contributed by atoms with Crippen LogP contribution in [0.4, 0.5) is 22.7 Å². The summed E-state index contributed by atoms with van der Waals surface area (Å²) in [6.07, 6.45) is 4.60. The Balaban J connectivity index is 1.48. The summed E-state index contributed by atoms with van der Waals surface area (Å²) in [6.45, 7) is 0. The molecule has 0 atom stereocenters. The monoisotopic (exact) mass is 664 g/mol. The lowest BCUT2D eigenvalue weighted by atomic mass is 10.1. The second kappa shape index (κ2) is 16.0. The first kappa shape index (κ1) is 34.9. The fraction of sp³-hybridized carbons (Fsp3) is 0.0857. The molecule has 49 heavy (non-hydrogen) atoms. The van der Waals surface area contributed by atoms with Gasteiger partial charge >= 0.3 is 11.9 Å². The smallest absolute Gasteiger partial charge is 0.337 e. The summed E-state index contributed by atoms with van der Waals surface area (Å²) in [5.41, 5.74) is 0.568. The predicted molar refractivity (Wildman–Crippen MR) is 177 cm³/mol. The molecular weight excluding hydrogens is 636 g/mol. The Kier molecular flexibility index (Phi) is 11.4. The van der Waals surface area contributed by atoms with Crippen LogP contribution in [0.5, 0.6) is 23.0 Å². The van der Waals surface area contributed by atoms with E-state index in [2.05, 4.69) is 20.5 Å². The molecule has 0 radical (unpaired) electrons. The van der Waals surface area contributed by atoms with Crippen LogP contribution in [0.1, 0.15) is 38.3 Å². The highest BCUT2D eigenvalue weighted by Crippen LogP contribution is 2.40. The highest BCUT2D eigenvalue weighted by Gasteiger charge is 2.14. The van der Waals surface area contributed by atoms with E-state index in [1.54, 1.807) is 12.1 Å². The number of phenolic OH excluding ortho intramolecular Hbond substituents is 2. The van der Waals surface area contributed by atoms with Gasteiger partial charge < -0.3 is 29.9 Å². The molecule has 0 saturated carbocycles. The van der Waals surface area contributed by atoms with E-state index < -0.39 is 29.9 Å². The molecule has 0 fully saturated rings. The second-order valence-corrected chi connectivity index (χ2v) is 10.0. The number of phenols is 2. The van der Waals surface area contributed by atoms with Gasteiger partial charge in [-0.15, -0.1) is 20.5 Å². The summed E-state index contributed by atoms with van der Waals surface area (Å²) in [7, 11) is 2.63. The van der Waals surface area contributed by atoms with Crippen molar-refractivity contribution in [2.24, 2.45) is 20.5 Å². The first-order valence-electron chi connectivity index (χ1n) is 14.2. The van der Waals surface area contributed by atoms with Crippen LogP contribution in [0.3, 0.4) is 0 Å². The van der Waals surface area contributed by atoms with Gasteiger partial charge in [0.1, 0.15) is 22.7 Å². The number of carbonyl (C=O) groups excluding carboxylic acids is 2. The molecule has 4 aromatic carbocycles. The van der Waals surface area contributed by atoms with Crippen molar-refractivity contribution in [3.8, 4) is 23.0 Å². The van der Waals surface area contributed by atoms with Crippen LogP contribution in [0, 0.1) is 0 Å². The van der Waals surface area contributed by atoms with Gasteiger partial charge in [-0.1, -0.05) is 36.4 Å². The number of allylic oxidation sites excluding steroid dienone is 2. The first-order valence-corrected chi connectivity index (χ1v) is 14.2. The third-order valence-corrected chi connectivity index (χ3v) is 6.67. The number of nitrogens with zero attached hydrogens (tertiary/aromatic N) is 4. The molecule has 14 heteroatoms. The third kappa shape index (κ3) is 9.07. The second-order valence-electron chi connectivity index (χ2n) is 10.0. The van der Waals surface area contributed by atoms with Crippen LogP contribution < -0.4 is 9.47 Å². The normalized spacial score (nSPS) is 11.5. The predicted octanol–water partition coefficient (Wildman–Crippen LogP) is 7.60. The molecule has 0 aliphatic carbocycles. The van der Waals surface area contributed by atoms with Gasteiger partial charge in [-0.05, 0) is 71.8 Å². The molecule has 4 aromatic rings. The number of hydrogen-bond acceptors (Lipinski definition) is 12. The van der Waals surface area contributed by atoms with E-state index in [0.29, 0.717) is 11.1 Å². The van der Waals surface area contributed by atoms with Gasteiger partial charge in [-0.3, -0.25) is 9.59 Å². The maximum Gasteiger partial charge on any atom is 0.337 e. The number of hydrogen-bond donors (Lipinski definition) is 4. The van der Waals surface area contributed by atoms with Crippen LogP contribution in [0.15, 0.2) is 105 Å². The van der Waals surface area contributed by atoms with Crippen molar-refractivity contribution in [2.45, 2.75) is 6.42 Å². The minimum Gasteiger partial charge on any atom is -0.503 e. The fourth-order valence-corrected chi connectivity index (χ4v) is 4.25. The Bertz CT molecular complexity index is 1910. The zero-order valence-corrected chi connectivity index (χ0v) is 26.0. The molecule has 248 valence electrons. The van der Waals surface area contributed by atoms with E-state index >= 15 is 0 Å². The number of benzene rings is 4. The summed E-state index contributed by atoms with van der Waals surface area (Å²) >= 11 is 0. The van der Waals surface area contributed by atoms with Crippen molar-refractivity contribution >= 4 is 58.4 Å². The van der Waals surface area contributed by atoms with Crippen LogP contribution >= 0.6 is 0 Å². The van der Waals surface area contributed by atoms with Gasteiger partial charge in [0.2, 0.25) is 0 Å². The number of rotatable bonds is 14. The van der Waals surface area contributed by atoms with Crippen molar-refractivity contribution in [3.05, 3.63) is 107 Å². The summed E-state index contributed by atoms with van der Waals surface area (Å²) in [5.74, 6) is -4.18. The lowest BCUT2D eigenvalue weighted by Gasteiger charge is -2.07. The SMILES string of the molecule is COc1cc(/C=C/C(=O)CC(=O)/C=C/c2cc(/N=N/c3ccccc3C(=O)O)c(O)c(OC)c2)cc(/N=N/c2ccccc2C(=O)O)c1O. The highest BCUT2D eigenvalue weighted by atomic mass is 16.5. The van der Waals surface area contributed by atoms with Gasteiger partial charge in [0.25, 0.3) is 0 Å². The van der Waals surface area contributed by atoms with Crippen LogP contribution in [-0.2, 0) is 9.59 Å². The molecule has 0 bridgehead atoms. The lowest BCUT2D eigenvalue weighted by Crippen LogP contribution is -2.01. The van der Waals surface area contributed by atoms with Gasteiger partial charge in [0, 0.05) is 0 Å². The van der Waals surface area contributed by atoms with E-state index in [1.165, 1.54) is 87.0 Å². The van der Waals surface area contributed by atoms with Crippen LogP contribution in [0.25, 0.3) is 12.2 Å². The largest absolute Gasteiger partial charge is 0.503 e. The summed E-state index contributed by atoms with van der Waals surface area (Å²) in [6, 6.07) is 17.5. The number of methoxy groups -OCH3 is 2. The summed E-state index contributed by atoms with van der Waals surface area (Å²) in [4.78, 5) is 48.1. The number of carboxylic acids is 2. The molecule has 0 aliphatic rings. The molecule has 0 aliphatic heterocycles. The van der Waals surface area contributed by atoms with E-state index in [1.807, 2.05) is 0 Å². The van der Waals surface area contributed by atoms with E-state index in [-0.39, 0.29) is 56.9 Å². The van der Waals surface area contributed by atoms with Crippen molar-refractivity contribution in [3.63, 3.8) is 0 Å². The number of carbonyl (C=O) groups is 4. The molecule has 4 rings (SSSR count). The Morgan fingerprint density at radius 1 is 0.592 bits per heavy atom. The Morgan fingerprint density at radius 2 is 0.959 bits per heavy atom.